The zero-order valence-electron chi connectivity index (χ0n) is 14.8. The fraction of sp³-hybridized carbons (Fsp3) is 0.263. The molecule has 0 radical (unpaired) electrons. The Bertz CT molecular complexity index is 809. The lowest BCUT2D eigenvalue weighted by Gasteiger charge is -2.24. The molecule has 0 saturated carbocycles. The van der Waals surface area contributed by atoms with E-state index in [2.05, 4.69) is 5.32 Å². The summed E-state index contributed by atoms with van der Waals surface area (Å²) in [7, 11) is 0. The molecule has 2 amide bonds. The molecule has 0 fully saturated rings. The second kappa shape index (κ2) is 8.42. The number of halogens is 2. The number of carbonyl (C=O) groups is 2. The number of nitrogens with zero attached hydrogens (tertiary/aromatic N) is 1. The normalized spacial score (nSPS) is 10.5. The van der Waals surface area contributed by atoms with E-state index in [9.17, 15) is 18.4 Å². The summed E-state index contributed by atoms with van der Waals surface area (Å²) in [4.78, 5) is 25.6. The lowest BCUT2D eigenvalue weighted by molar-refractivity contribution is -0.120. The van der Waals surface area contributed by atoms with Crippen molar-refractivity contribution in [2.45, 2.75) is 26.9 Å². The van der Waals surface area contributed by atoms with Gasteiger partial charge in [0.2, 0.25) is 11.8 Å². The second-order valence-corrected chi connectivity index (χ2v) is 5.92. The van der Waals surface area contributed by atoms with E-state index in [-0.39, 0.29) is 24.2 Å². The first kappa shape index (κ1) is 19.4. The van der Waals surface area contributed by atoms with Crippen LogP contribution in [0.4, 0.5) is 20.2 Å². The third-order valence-corrected chi connectivity index (χ3v) is 3.40. The molecule has 138 valence electrons. The van der Waals surface area contributed by atoms with Crippen LogP contribution in [0.3, 0.4) is 0 Å². The van der Waals surface area contributed by atoms with Crippen LogP contribution in [0.25, 0.3) is 0 Å². The number of para-hydroxylation sites is 2. The molecule has 5 nitrogen and oxygen atoms in total. The van der Waals surface area contributed by atoms with Crippen LogP contribution in [0.2, 0.25) is 0 Å². The lowest BCUT2D eigenvalue weighted by atomic mass is 10.2. The van der Waals surface area contributed by atoms with Gasteiger partial charge >= 0.3 is 0 Å². The minimum Gasteiger partial charge on any atom is -0.489 e. The first-order chi connectivity index (χ1) is 12.3. The molecule has 0 aliphatic carbocycles. The summed E-state index contributed by atoms with van der Waals surface area (Å²) < 4.78 is 31.9. The minimum atomic E-state index is -1.07. The molecule has 2 aromatic rings. The highest BCUT2D eigenvalue weighted by Crippen LogP contribution is 2.29. The third kappa shape index (κ3) is 5.02. The summed E-state index contributed by atoms with van der Waals surface area (Å²) in [5.41, 5.74) is 0.554. The SMILES string of the molecule is CC(=O)N(CC(=O)Nc1ccc(F)c(F)c1)c1ccccc1OC(C)C. The Balaban J connectivity index is 2.19. The number of nitrogens with one attached hydrogen (secondary N) is 1. The molecule has 0 aromatic heterocycles. The lowest BCUT2D eigenvalue weighted by Crippen LogP contribution is -2.37. The van der Waals surface area contributed by atoms with Gasteiger partial charge in [-0.2, -0.15) is 0 Å². The van der Waals surface area contributed by atoms with Crippen molar-refractivity contribution in [1.82, 2.24) is 0 Å². The van der Waals surface area contributed by atoms with E-state index >= 15 is 0 Å². The van der Waals surface area contributed by atoms with Gasteiger partial charge in [-0.25, -0.2) is 8.78 Å². The number of ether oxygens (including phenoxy) is 1. The van der Waals surface area contributed by atoms with Crippen molar-refractivity contribution >= 4 is 23.2 Å². The molecule has 0 bridgehead atoms. The molecule has 0 atom stereocenters. The number of amides is 2. The number of hydrogen-bond donors (Lipinski definition) is 1. The molecular weight excluding hydrogens is 342 g/mol. The fourth-order valence-corrected chi connectivity index (χ4v) is 2.32. The number of carbonyl (C=O) groups excluding carboxylic acids is 2. The highest BCUT2D eigenvalue weighted by atomic mass is 19.2. The standard InChI is InChI=1S/C19H20F2N2O3/c1-12(2)26-18-7-5-4-6-17(18)23(13(3)24)11-19(25)22-14-8-9-15(20)16(21)10-14/h4-10,12H,11H2,1-3H3,(H,22,25). The van der Waals surface area contributed by atoms with Gasteiger partial charge in [-0.05, 0) is 38.1 Å². The van der Waals surface area contributed by atoms with E-state index in [1.807, 2.05) is 13.8 Å². The predicted molar refractivity (Wildman–Crippen MR) is 95.2 cm³/mol. The smallest absolute Gasteiger partial charge is 0.244 e. The molecule has 26 heavy (non-hydrogen) atoms. The molecule has 0 aliphatic rings. The maximum atomic E-state index is 13.3. The minimum absolute atomic E-state index is 0.101. The summed E-state index contributed by atoms with van der Waals surface area (Å²) in [6.45, 7) is 4.74. The van der Waals surface area contributed by atoms with Gasteiger partial charge in [0.1, 0.15) is 12.3 Å². The van der Waals surface area contributed by atoms with Crippen molar-refractivity contribution < 1.29 is 23.1 Å². The largest absolute Gasteiger partial charge is 0.489 e. The second-order valence-electron chi connectivity index (χ2n) is 5.92. The third-order valence-electron chi connectivity index (χ3n) is 3.40. The van der Waals surface area contributed by atoms with E-state index in [0.29, 0.717) is 11.4 Å². The molecule has 0 saturated heterocycles. The van der Waals surface area contributed by atoms with Gasteiger partial charge in [0.25, 0.3) is 0 Å². The monoisotopic (exact) mass is 362 g/mol. The average molecular weight is 362 g/mol. The first-order valence-electron chi connectivity index (χ1n) is 8.06. The molecule has 0 aliphatic heterocycles. The van der Waals surface area contributed by atoms with Gasteiger partial charge in [0, 0.05) is 18.7 Å². The van der Waals surface area contributed by atoms with Gasteiger partial charge in [-0.15, -0.1) is 0 Å². The van der Waals surface area contributed by atoms with Crippen LogP contribution < -0.4 is 15.0 Å². The average Bonchev–Trinajstić information content (AvgIpc) is 2.56. The van der Waals surface area contributed by atoms with Crippen LogP contribution in [-0.2, 0) is 9.59 Å². The molecular formula is C19H20F2N2O3. The molecule has 0 spiro atoms. The summed E-state index contributed by atoms with van der Waals surface area (Å²) >= 11 is 0. The van der Waals surface area contributed by atoms with Crippen molar-refractivity contribution in [2.24, 2.45) is 0 Å². The van der Waals surface area contributed by atoms with Gasteiger partial charge in [-0.1, -0.05) is 12.1 Å². The van der Waals surface area contributed by atoms with E-state index in [1.165, 1.54) is 17.9 Å². The van der Waals surface area contributed by atoms with Crippen LogP contribution in [0, 0.1) is 11.6 Å². The van der Waals surface area contributed by atoms with Crippen LogP contribution in [0.1, 0.15) is 20.8 Å². The Kier molecular flexibility index (Phi) is 6.27. The Morgan fingerprint density at radius 2 is 1.81 bits per heavy atom. The summed E-state index contributed by atoms with van der Waals surface area (Å²) in [5, 5.41) is 2.45. The molecule has 1 N–H and O–H groups in total. The van der Waals surface area contributed by atoms with Crippen molar-refractivity contribution in [3.63, 3.8) is 0 Å². The molecule has 2 aromatic carbocycles. The van der Waals surface area contributed by atoms with Crippen LogP contribution in [-0.4, -0.2) is 24.5 Å². The van der Waals surface area contributed by atoms with E-state index in [1.54, 1.807) is 24.3 Å². The quantitative estimate of drug-likeness (QED) is 0.852. The summed E-state index contributed by atoms with van der Waals surface area (Å²) in [5.74, 6) is -2.51. The maximum Gasteiger partial charge on any atom is 0.244 e. The van der Waals surface area contributed by atoms with E-state index < -0.39 is 17.5 Å². The Morgan fingerprint density at radius 3 is 2.42 bits per heavy atom. The van der Waals surface area contributed by atoms with Gasteiger partial charge in [0.15, 0.2) is 11.6 Å². The van der Waals surface area contributed by atoms with E-state index in [0.717, 1.165) is 12.1 Å². The topological polar surface area (TPSA) is 58.6 Å². The molecule has 0 unspecified atom stereocenters. The van der Waals surface area contributed by atoms with Crippen molar-refractivity contribution in [3.05, 3.63) is 54.1 Å². The summed E-state index contributed by atoms with van der Waals surface area (Å²) in [6.07, 6.45) is -0.110. The van der Waals surface area contributed by atoms with Crippen molar-refractivity contribution in [3.8, 4) is 5.75 Å². The highest BCUT2D eigenvalue weighted by molar-refractivity contribution is 6.02. The number of benzene rings is 2. The highest BCUT2D eigenvalue weighted by Gasteiger charge is 2.20. The Hall–Kier alpha value is -2.96. The van der Waals surface area contributed by atoms with Gasteiger partial charge in [0.05, 0.1) is 11.8 Å². The predicted octanol–water partition coefficient (Wildman–Crippen LogP) is 3.74. The van der Waals surface area contributed by atoms with E-state index in [4.69, 9.17) is 4.74 Å². The van der Waals surface area contributed by atoms with Crippen LogP contribution >= 0.6 is 0 Å². The van der Waals surface area contributed by atoms with Gasteiger partial charge in [-0.3, -0.25) is 14.5 Å². The fourth-order valence-electron chi connectivity index (χ4n) is 2.32. The number of rotatable bonds is 6. The number of anilines is 2. The maximum absolute atomic E-state index is 13.3. The molecule has 2 rings (SSSR count). The first-order valence-corrected chi connectivity index (χ1v) is 8.06. The molecule has 0 heterocycles. The Morgan fingerprint density at radius 1 is 1.12 bits per heavy atom. The van der Waals surface area contributed by atoms with Crippen molar-refractivity contribution in [2.75, 3.05) is 16.8 Å². The zero-order chi connectivity index (χ0) is 19.3. The number of hydrogen-bond acceptors (Lipinski definition) is 3. The van der Waals surface area contributed by atoms with Crippen LogP contribution in [0.15, 0.2) is 42.5 Å². The summed E-state index contributed by atoms with van der Waals surface area (Å²) in [6, 6.07) is 9.90. The van der Waals surface area contributed by atoms with Crippen molar-refractivity contribution in [1.29, 1.82) is 0 Å². The Labute approximate surface area is 150 Å². The molecule has 7 heteroatoms. The van der Waals surface area contributed by atoms with Gasteiger partial charge < -0.3 is 10.1 Å². The van der Waals surface area contributed by atoms with Crippen LogP contribution in [0.5, 0.6) is 5.75 Å². The zero-order valence-corrected chi connectivity index (χ0v) is 14.8.